The van der Waals surface area contributed by atoms with Crippen molar-refractivity contribution in [3.05, 3.63) is 35.2 Å². The molecule has 1 aromatic carbocycles. The van der Waals surface area contributed by atoms with Gasteiger partial charge in [-0.3, -0.25) is 4.90 Å². The van der Waals surface area contributed by atoms with Crippen LogP contribution in [-0.4, -0.2) is 24.5 Å². The molecule has 2 N–H and O–H groups in total. The fraction of sp³-hybridized carbons (Fsp3) is 0.467. The zero-order chi connectivity index (χ0) is 12.4. The van der Waals surface area contributed by atoms with Gasteiger partial charge in [0.25, 0.3) is 0 Å². The van der Waals surface area contributed by atoms with E-state index in [0.29, 0.717) is 6.04 Å². The second-order valence-electron chi connectivity index (χ2n) is 5.04. The van der Waals surface area contributed by atoms with Crippen LogP contribution in [0.2, 0.25) is 0 Å². The monoisotopic (exact) mass is 260 g/mol. The van der Waals surface area contributed by atoms with Crippen molar-refractivity contribution >= 4 is 21.4 Å². The summed E-state index contributed by atoms with van der Waals surface area (Å²) >= 11 is 1.84. The van der Waals surface area contributed by atoms with Gasteiger partial charge in [0.1, 0.15) is 0 Å². The maximum absolute atomic E-state index is 6.05. The van der Waals surface area contributed by atoms with Gasteiger partial charge in [0.2, 0.25) is 0 Å². The highest BCUT2D eigenvalue weighted by Gasteiger charge is 2.23. The van der Waals surface area contributed by atoms with Gasteiger partial charge in [-0.05, 0) is 48.3 Å². The number of benzene rings is 1. The molecule has 1 atom stereocenters. The number of thiophene rings is 1. The molecule has 3 heteroatoms. The lowest BCUT2D eigenvalue weighted by molar-refractivity contribution is 0.168. The van der Waals surface area contributed by atoms with Crippen LogP contribution in [0, 0.1) is 0 Å². The largest absolute Gasteiger partial charge is 0.329 e. The third-order valence-electron chi connectivity index (χ3n) is 3.92. The van der Waals surface area contributed by atoms with Gasteiger partial charge in [0.05, 0.1) is 0 Å². The standard InChI is InChI=1S/C15H20N2S/c16-10-14(17-8-4-1-5-9-17)13-11-18-15-7-3-2-6-12(13)15/h2-3,6-7,11,14H,1,4-5,8-10,16H2. The van der Waals surface area contributed by atoms with Gasteiger partial charge in [-0.2, -0.15) is 0 Å². The third-order valence-corrected chi connectivity index (χ3v) is 4.91. The Bertz CT molecular complexity index is 514. The number of piperidine rings is 1. The van der Waals surface area contributed by atoms with E-state index in [9.17, 15) is 0 Å². The highest BCUT2D eigenvalue weighted by atomic mass is 32.1. The van der Waals surface area contributed by atoms with Crippen molar-refractivity contribution in [3.63, 3.8) is 0 Å². The maximum Gasteiger partial charge on any atom is 0.0484 e. The number of nitrogens with two attached hydrogens (primary N) is 1. The molecule has 18 heavy (non-hydrogen) atoms. The van der Waals surface area contributed by atoms with Crippen LogP contribution in [0.15, 0.2) is 29.6 Å². The van der Waals surface area contributed by atoms with Gasteiger partial charge in [-0.1, -0.05) is 24.6 Å². The first kappa shape index (κ1) is 12.2. The molecular weight excluding hydrogens is 240 g/mol. The lowest BCUT2D eigenvalue weighted by Gasteiger charge is -2.33. The van der Waals surface area contributed by atoms with E-state index in [2.05, 4.69) is 34.5 Å². The van der Waals surface area contributed by atoms with Crippen molar-refractivity contribution in [2.45, 2.75) is 25.3 Å². The van der Waals surface area contributed by atoms with E-state index in [1.807, 2.05) is 11.3 Å². The highest BCUT2D eigenvalue weighted by Crippen LogP contribution is 2.33. The molecule has 0 spiro atoms. The van der Waals surface area contributed by atoms with E-state index in [-0.39, 0.29) is 0 Å². The lowest BCUT2D eigenvalue weighted by atomic mass is 10.0. The summed E-state index contributed by atoms with van der Waals surface area (Å²) in [7, 11) is 0. The number of hydrogen-bond donors (Lipinski definition) is 1. The van der Waals surface area contributed by atoms with Gasteiger partial charge in [0, 0.05) is 17.3 Å². The molecule has 2 heterocycles. The Balaban J connectivity index is 1.95. The van der Waals surface area contributed by atoms with Gasteiger partial charge in [-0.25, -0.2) is 0 Å². The molecule has 1 aliphatic rings. The van der Waals surface area contributed by atoms with Crippen molar-refractivity contribution in [3.8, 4) is 0 Å². The summed E-state index contributed by atoms with van der Waals surface area (Å²) in [4.78, 5) is 2.57. The Morgan fingerprint density at radius 1 is 1.17 bits per heavy atom. The average molecular weight is 260 g/mol. The molecule has 96 valence electrons. The van der Waals surface area contributed by atoms with Crippen LogP contribution in [0.25, 0.3) is 10.1 Å². The maximum atomic E-state index is 6.05. The lowest BCUT2D eigenvalue weighted by Crippen LogP contribution is -2.37. The molecule has 0 bridgehead atoms. The van der Waals surface area contributed by atoms with Crippen LogP contribution in [0.1, 0.15) is 30.9 Å². The van der Waals surface area contributed by atoms with Crippen LogP contribution < -0.4 is 5.73 Å². The van der Waals surface area contributed by atoms with Gasteiger partial charge in [0.15, 0.2) is 0 Å². The molecule has 1 saturated heterocycles. The van der Waals surface area contributed by atoms with Crippen LogP contribution in [0.5, 0.6) is 0 Å². The number of rotatable bonds is 3. The average Bonchev–Trinajstić information content (AvgIpc) is 2.85. The third kappa shape index (κ3) is 2.18. The first-order valence-corrected chi connectivity index (χ1v) is 7.68. The fourth-order valence-corrected chi connectivity index (χ4v) is 3.97. The molecule has 1 unspecified atom stereocenters. The predicted octanol–water partition coefficient (Wildman–Crippen LogP) is 3.39. The van der Waals surface area contributed by atoms with Gasteiger partial charge >= 0.3 is 0 Å². The summed E-state index contributed by atoms with van der Waals surface area (Å²) in [6, 6.07) is 9.08. The normalized spacial score (nSPS) is 19.2. The molecule has 1 fully saturated rings. The SMILES string of the molecule is NCC(c1csc2ccccc12)N1CCCCC1. The molecule has 1 aliphatic heterocycles. The zero-order valence-electron chi connectivity index (χ0n) is 10.6. The van der Waals surface area contributed by atoms with Crippen molar-refractivity contribution in [2.75, 3.05) is 19.6 Å². The Kier molecular flexibility index (Phi) is 3.64. The van der Waals surface area contributed by atoms with Crippen LogP contribution >= 0.6 is 11.3 Å². The molecule has 2 nitrogen and oxygen atoms in total. The molecule has 1 aromatic heterocycles. The molecule has 2 aromatic rings. The number of hydrogen-bond acceptors (Lipinski definition) is 3. The number of likely N-dealkylation sites (tertiary alicyclic amines) is 1. The second-order valence-corrected chi connectivity index (χ2v) is 5.95. The van der Waals surface area contributed by atoms with Crippen LogP contribution in [0.4, 0.5) is 0 Å². The van der Waals surface area contributed by atoms with E-state index in [1.54, 1.807) is 0 Å². The van der Waals surface area contributed by atoms with E-state index < -0.39 is 0 Å². The minimum absolute atomic E-state index is 0.404. The Labute approximate surface area is 112 Å². The number of fused-ring (bicyclic) bond motifs is 1. The zero-order valence-corrected chi connectivity index (χ0v) is 11.5. The van der Waals surface area contributed by atoms with Crippen molar-refractivity contribution in [1.29, 1.82) is 0 Å². The van der Waals surface area contributed by atoms with Gasteiger partial charge < -0.3 is 5.73 Å². The van der Waals surface area contributed by atoms with Crippen LogP contribution in [0.3, 0.4) is 0 Å². The summed E-state index contributed by atoms with van der Waals surface area (Å²) in [5.41, 5.74) is 7.48. The minimum atomic E-state index is 0.404. The summed E-state index contributed by atoms with van der Waals surface area (Å²) in [6.45, 7) is 3.12. The first-order valence-electron chi connectivity index (χ1n) is 6.80. The fourth-order valence-electron chi connectivity index (χ4n) is 2.96. The van der Waals surface area contributed by atoms with E-state index >= 15 is 0 Å². The first-order chi connectivity index (χ1) is 8.90. The number of nitrogens with zero attached hydrogens (tertiary/aromatic N) is 1. The van der Waals surface area contributed by atoms with Crippen molar-refractivity contribution < 1.29 is 0 Å². The molecule has 3 rings (SSSR count). The van der Waals surface area contributed by atoms with E-state index in [0.717, 1.165) is 6.54 Å². The molecule has 0 amide bonds. The van der Waals surface area contributed by atoms with E-state index in [1.165, 1.54) is 48.0 Å². The summed E-state index contributed by atoms with van der Waals surface area (Å²) in [6.07, 6.45) is 4.01. The van der Waals surface area contributed by atoms with E-state index in [4.69, 9.17) is 5.73 Å². The van der Waals surface area contributed by atoms with Crippen molar-refractivity contribution in [2.24, 2.45) is 5.73 Å². The Morgan fingerprint density at radius 3 is 2.72 bits per heavy atom. The summed E-state index contributed by atoms with van der Waals surface area (Å²) in [5.74, 6) is 0. The Morgan fingerprint density at radius 2 is 1.94 bits per heavy atom. The summed E-state index contributed by atoms with van der Waals surface area (Å²) < 4.78 is 1.38. The molecular formula is C15H20N2S. The highest BCUT2D eigenvalue weighted by molar-refractivity contribution is 7.17. The molecule has 0 aliphatic carbocycles. The minimum Gasteiger partial charge on any atom is -0.329 e. The van der Waals surface area contributed by atoms with Crippen LogP contribution in [-0.2, 0) is 0 Å². The predicted molar refractivity (Wildman–Crippen MR) is 79.0 cm³/mol. The smallest absolute Gasteiger partial charge is 0.0484 e. The van der Waals surface area contributed by atoms with Crippen molar-refractivity contribution in [1.82, 2.24) is 4.90 Å². The quantitative estimate of drug-likeness (QED) is 0.916. The Hall–Kier alpha value is -0.900. The second kappa shape index (κ2) is 5.39. The summed E-state index contributed by atoms with van der Waals surface area (Å²) in [5, 5.41) is 3.69. The van der Waals surface area contributed by atoms with Gasteiger partial charge in [-0.15, -0.1) is 11.3 Å². The topological polar surface area (TPSA) is 29.3 Å². The molecule has 0 saturated carbocycles. The molecule has 0 radical (unpaired) electrons.